The van der Waals surface area contributed by atoms with E-state index < -0.39 is 0 Å². The Hall–Kier alpha value is -5.03. The molecule has 5 aromatic rings. The molecule has 0 saturated heterocycles. The number of amides is 2. The standard InChI is InChI=1S/C28H28N8O3/c1-18-7-8-21(33-27(37)20-5-4-6-22(13-20)35-11-9-29-17-35)14-24(18)34-26-25-19(2)23(15-36(25)32-16-31-26)28(38)30-10-12-39-3/h4-9,11,13-17H,10,12H2,1-3H3,(H,30,38)(H,33,37)(H,31,32,34). The van der Waals surface area contributed by atoms with E-state index in [4.69, 9.17) is 4.74 Å². The number of carbonyl (C=O) groups excluding carboxylic acids is 2. The zero-order valence-corrected chi connectivity index (χ0v) is 21.8. The lowest BCUT2D eigenvalue weighted by atomic mass is 10.1. The first-order valence-electron chi connectivity index (χ1n) is 12.3. The van der Waals surface area contributed by atoms with Gasteiger partial charge in [0.25, 0.3) is 11.8 Å². The van der Waals surface area contributed by atoms with Gasteiger partial charge >= 0.3 is 0 Å². The molecule has 0 radical (unpaired) electrons. The normalized spacial score (nSPS) is 10.9. The van der Waals surface area contributed by atoms with Crippen molar-refractivity contribution in [3.63, 3.8) is 0 Å². The molecule has 0 unspecified atom stereocenters. The van der Waals surface area contributed by atoms with Gasteiger partial charge < -0.3 is 25.3 Å². The van der Waals surface area contributed by atoms with Gasteiger partial charge in [-0.1, -0.05) is 12.1 Å². The maximum atomic E-state index is 13.0. The lowest BCUT2D eigenvalue weighted by Crippen LogP contribution is -2.27. The summed E-state index contributed by atoms with van der Waals surface area (Å²) in [6.45, 7) is 4.65. The molecule has 3 N–H and O–H groups in total. The van der Waals surface area contributed by atoms with Crippen LogP contribution in [0.15, 0.2) is 73.7 Å². The number of hydrogen-bond donors (Lipinski definition) is 3. The maximum absolute atomic E-state index is 13.0. The first-order valence-corrected chi connectivity index (χ1v) is 12.3. The van der Waals surface area contributed by atoms with Crippen LogP contribution in [0.3, 0.4) is 0 Å². The summed E-state index contributed by atoms with van der Waals surface area (Å²) in [6.07, 6.45) is 8.30. The third-order valence-electron chi connectivity index (χ3n) is 6.32. The van der Waals surface area contributed by atoms with Gasteiger partial charge in [0.2, 0.25) is 0 Å². The smallest absolute Gasteiger partial charge is 0.255 e. The van der Waals surface area contributed by atoms with Gasteiger partial charge in [0.05, 0.1) is 18.5 Å². The van der Waals surface area contributed by atoms with Crippen LogP contribution >= 0.6 is 0 Å². The van der Waals surface area contributed by atoms with Crippen LogP contribution < -0.4 is 16.0 Å². The summed E-state index contributed by atoms with van der Waals surface area (Å²) < 4.78 is 8.48. The topological polar surface area (TPSA) is 127 Å². The fraction of sp³-hybridized carbons (Fsp3) is 0.179. The summed E-state index contributed by atoms with van der Waals surface area (Å²) in [6, 6.07) is 12.9. The van der Waals surface area contributed by atoms with Crippen molar-refractivity contribution in [1.29, 1.82) is 0 Å². The minimum Gasteiger partial charge on any atom is -0.383 e. The van der Waals surface area contributed by atoms with Crippen molar-refractivity contribution in [1.82, 2.24) is 29.5 Å². The highest BCUT2D eigenvalue weighted by Crippen LogP contribution is 2.28. The quantitative estimate of drug-likeness (QED) is 0.250. The Labute approximate surface area is 224 Å². The molecular weight excluding hydrogens is 496 g/mol. The molecule has 2 aromatic carbocycles. The Morgan fingerprint density at radius 1 is 1.08 bits per heavy atom. The number of aromatic nitrogens is 5. The van der Waals surface area contributed by atoms with E-state index in [9.17, 15) is 9.59 Å². The molecule has 0 fully saturated rings. The van der Waals surface area contributed by atoms with Crippen LogP contribution in [-0.2, 0) is 4.74 Å². The van der Waals surface area contributed by atoms with Crippen molar-refractivity contribution in [3.05, 3.63) is 96.0 Å². The fourth-order valence-corrected chi connectivity index (χ4v) is 4.23. The summed E-state index contributed by atoms with van der Waals surface area (Å²) in [4.78, 5) is 34.2. The Bertz CT molecular complexity index is 1640. The SMILES string of the molecule is COCCNC(=O)c1cn2ncnc(Nc3cc(NC(=O)c4cccc(-n5ccnc5)c4)ccc3C)c2c1C. The van der Waals surface area contributed by atoms with E-state index in [1.807, 2.05) is 54.9 Å². The van der Waals surface area contributed by atoms with Crippen molar-refractivity contribution in [2.75, 3.05) is 30.9 Å². The fourth-order valence-electron chi connectivity index (χ4n) is 4.23. The van der Waals surface area contributed by atoms with Crippen LogP contribution in [0.4, 0.5) is 17.2 Å². The van der Waals surface area contributed by atoms with Gasteiger partial charge in [-0.15, -0.1) is 0 Å². The van der Waals surface area contributed by atoms with E-state index in [0.29, 0.717) is 41.3 Å². The molecule has 5 rings (SSSR count). The van der Waals surface area contributed by atoms with Crippen molar-refractivity contribution in [2.24, 2.45) is 0 Å². The number of benzene rings is 2. The number of nitrogens with zero attached hydrogens (tertiary/aromatic N) is 5. The Kier molecular flexibility index (Phi) is 7.32. The average Bonchev–Trinajstić information content (AvgIpc) is 3.60. The molecule has 11 nitrogen and oxygen atoms in total. The number of aryl methyl sites for hydroxylation is 2. The highest BCUT2D eigenvalue weighted by molar-refractivity contribution is 6.05. The van der Waals surface area contributed by atoms with E-state index in [-0.39, 0.29) is 11.8 Å². The van der Waals surface area contributed by atoms with Gasteiger partial charge in [-0.25, -0.2) is 14.5 Å². The van der Waals surface area contributed by atoms with Crippen molar-refractivity contribution < 1.29 is 14.3 Å². The van der Waals surface area contributed by atoms with Gasteiger partial charge in [-0.05, 0) is 55.3 Å². The first kappa shape index (κ1) is 25.6. The van der Waals surface area contributed by atoms with Crippen LogP contribution in [-0.4, -0.2) is 56.2 Å². The predicted octanol–water partition coefficient (Wildman–Crippen LogP) is 3.90. The predicted molar refractivity (Wildman–Crippen MR) is 148 cm³/mol. The molecule has 0 spiro atoms. The summed E-state index contributed by atoms with van der Waals surface area (Å²) in [5.41, 5.74) is 5.62. The molecule has 39 heavy (non-hydrogen) atoms. The molecule has 198 valence electrons. The van der Waals surface area contributed by atoms with Gasteiger partial charge in [0.1, 0.15) is 11.8 Å². The van der Waals surface area contributed by atoms with Gasteiger partial charge in [0, 0.05) is 54.9 Å². The minimum atomic E-state index is -0.234. The third kappa shape index (κ3) is 5.48. The second kappa shape index (κ2) is 11.2. The van der Waals surface area contributed by atoms with Crippen LogP contribution in [0, 0.1) is 13.8 Å². The summed E-state index contributed by atoms with van der Waals surface area (Å²) in [5, 5.41) is 13.4. The molecule has 3 heterocycles. The van der Waals surface area contributed by atoms with E-state index in [0.717, 1.165) is 22.5 Å². The van der Waals surface area contributed by atoms with Gasteiger partial charge in [-0.3, -0.25) is 9.59 Å². The lowest BCUT2D eigenvalue weighted by Gasteiger charge is -2.13. The molecule has 0 aliphatic rings. The monoisotopic (exact) mass is 524 g/mol. The number of nitrogens with one attached hydrogen (secondary N) is 3. The van der Waals surface area contributed by atoms with Crippen LogP contribution in [0.5, 0.6) is 0 Å². The van der Waals surface area contributed by atoms with Gasteiger partial charge in [-0.2, -0.15) is 5.10 Å². The summed E-state index contributed by atoms with van der Waals surface area (Å²) in [7, 11) is 1.58. The number of methoxy groups -OCH3 is 1. The second-order valence-electron chi connectivity index (χ2n) is 8.95. The first-order chi connectivity index (χ1) is 18.9. The lowest BCUT2D eigenvalue weighted by molar-refractivity contribution is 0.0936. The number of fused-ring (bicyclic) bond motifs is 1. The van der Waals surface area contributed by atoms with E-state index >= 15 is 0 Å². The molecule has 0 saturated carbocycles. The van der Waals surface area contributed by atoms with Crippen molar-refractivity contribution in [2.45, 2.75) is 13.8 Å². The van der Waals surface area contributed by atoms with Crippen LogP contribution in [0.1, 0.15) is 31.8 Å². The molecule has 2 amide bonds. The molecule has 0 atom stereocenters. The number of anilines is 3. The van der Waals surface area contributed by atoms with E-state index in [2.05, 4.69) is 31.0 Å². The number of imidazole rings is 1. The molecule has 0 aliphatic carbocycles. The zero-order valence-electron chi connectivity index (χ0n) is 21.8. The average molecular weight is 525 g/mol. The van der Waals surface area contributed by atoms with Gasteiger partial charge in [0.15, 0.2) is 5.82 Å². The molecule has 0 bridgehead atoms. The Morgan fingerprint density at radius 3 is 2.74 bits per heavy atom. The molecular formula is C28H28N8O3. The maximum Gasteiger partial charge on any atom is 0.255 e. The number of rotatable bonds is 9. The summed E-state index contributed by atoms with van der Waals surface area (Å²) in [5.74, 6) is 0.0970. The van der Waals surface area contributed by atoms with Crippen molar-refractivity contribution >= 4 is 34.5 Å². The molecule has 0 aliphatic heterocycles. The highest BCUT2D eigenvalue weighted by atomic mass is 16.5. The zero-order chi connectivity index (χ0) is 27.4. The minimum absolute atomic E-state index is 0.209. The number of hydrogen-bond acceptors (Lipinski definition) is 7. The molecule has 11 heteroatoms. The van der Waals surface area contributed by atoms with E-state index in [1.54, 1.807) is 42.5 Å². The highest BCUT2D eigenvalue weighted by Gasteiger charge is 2.18. The molecule has 3 aromatic heterocycles. The second-order valence-corrected chi connectivity index (χ2v) is 8.95. The Morgan fingerprint density at radius 2 is 1.95 bits per heavy atom. The number of ether oxygens (including phenoxy) is 1. The summed E-state index contributed by atoms with van der Waals surface area (Å²) >= 11 is 0. The van der Waals surface area contributed by atoms with Crippen molar-refractivity contribution in [3.8, 4) is 5.69 Å². The largest absolute Gasteiger partial charge is 0.383 e. The van der Waals surface area contributed by atoms with Crippen LogP contribution in [0.2, 0.25) is 0 Å². The number of carbonyl (C=O) groups is 2. The van der Waals surface area contributed by atoms with Crippen LogP contribution in [0.25, 0.3) is 11.2 Å². The van der Waals surface area contributed by atoms with E-state index in [1.165, 1.54) is 6.33 Å². The Balaban J connectivity index is 1.38. The third-order valence-corrected chi connectivity index (χ3v) is 6.32.